The second kappa shape index (κ2) is 7.95. The summed E-state index contributed by atoms with van der Waals surface area (Å²) in [5, 5.41) is 8.61. The molecule has 30 heavy (non-hydrogen) atoms. The van der Waals surface area contributed by atoms with Crippen LogP contribution in [0.1, 0.15) is 64.4 Å². The Morgan fingerprint density at radius 3 is 2.70 bits per heavy atom. The number of aromatic nitrogens is 4. The van der Waals surface area contributed by atoms with Crippen LogP contribution in [0.3, 0.4) is 0 Å². The fourth-order valence-corrected chi connectivity index (χ4v) is 5.07. The van der Waals surface area contributed by atoms with Crippen molar-refractivity contribution in [3.63, 3.8) is 0 Å². The van der Waals surface area contributed by atoms with Crippen LogP contribution in [-0.4, -0.2) is 25.7 Å². The van der Waals surface area contributed by atoms with Crippen LogP contribution in [0, 0.1) is 0 Å². The third-order valence-electron chi connectivity index (χ3n) is 5.26. The number of pyridine rings is 1. The molecule has 1 N–H and O–H groups in total. The lowest BCUT2D eigenvalue weighted by molar-refractivity contribution is -0.114. The van der Waals surface area contributed by atoms with E-state index in [-0.39, 0.29) is 11.4 Å². The molecule has 6 nitrogen and oxygen atoms in total. The molecule has 0 radical (unpaired) electrons. The minimum atomic E-state index is -0.183. The van der Waals surface area contributed by atoms with Gasteiger partial charge in [0.2, 0.25) is 5.91 Å². The summed E-state index contributed by atoms with van der Waals surface area (Å²) in [7, 11) is 0. The Labute approximate surface area is 181 Å². The van der Waals surface area contributed by atoms with Crippen LogP contribution in [0.25, 0.3) is 21.8 Å². The summed E-state index contributed by atoms with van der Waals surface area (Å²) >= 11 is 1.55. The number of amides is 1. The van der Waals surface area contributed by atoms with Crippen LogP contribution in [0.2, 0.25) is 0 Å². The highest BCUT2D eigenvalue weighted by atomic mass is 32.1. The fraction of sp³-hybridized carbons (Fsp3) is 0.478. The van der Waals surface area contributed by atoms with E-state index in [2.05, 4.69) is 54.8 Å². The van der Waals surface area contributed by atoms with Crippen molar-refractivity contribution in [1.82, 2.24) is 19.7 Å². The number of hydrogen-bond donors (Lipinski definition) is 1. The van der Waals surface area contributed by atoms with Crippen molar-refractivity contribution >= 4 is 22.4 Å². The van der Waals surface area contributed by atoms with Crippen LogP contribution < -0.4 is 5.32 Å². The van der Waals surface area contributed by atoms with Crippen molar-refractivity contribution in [3.8, 4) is 21.8 Å². The standard InChI is InChI=1S/C23H29N5OS/c1-6-8-16-12-11-15(13-24-16)19-17-9-7-10-18-21(30-22(26-18)25-14(2)29)20(17)28(27-19)23(3,4)5/h11-13H,6-10H2,1-5H3,(H,25,26,29). The summed E-state index contributed by atoms with van der Waals surface area (Å²) in [6.07, 6.45) is 6.90. The fourth-order valence-electron chi connectivity index (χ4n) is 3.95. The normalized spacial score (nSPS) is 13.5. The Hall–Kier alpha value is -2.54. The summed E-state index contributed by atoms with van der Waals surface area (Å²) in [6, 6.07) is 4.26. The summed E-state index contributed by atoms with van der Waals surface area (Å²) in [6.45, 7) is 10.2. The first-order chi connectivity index (χ1) is 14.3. The molecule has 0 aromatic carbocycles. The quantitative estimate of drug-likeness (QED) is 0.624. The van der Waals surface area contributed by atoms with Crippen molar-refractivity contribution < 1.29 is 4.79 Å². The number of aryl methyl sites for hydroxylation is 2. The van der Waals surface area contributed by atoms with E-state index in [9.17, 15) is 4.79 Å². The van der Waals surface area contributed by atoms with E-state index < -0.39 is 0 Å². The third-order valence-corrected chi connectivity index (χ3v) is 6.28. The molecule has 0 bridgehead atoms. The van der Waals surface area contributed by atoms with Crippen LogP contribution >= 0.6 is 11.3 Å². The first kappa shape index (κ1) is 20.7. The zero-order valence-electron chi connectivity index (χ0n) is 18.4. The predicted octanol–water partition coefficient (Wildman–Crippen LogP) is 5.22. The maximum atomic E-state index is 11.6. The van der Waals surface area contributed by atoms with Gasteiger partial charge in [-0.1, -0.05) is 24.7 Å². The molecular formula is C23H29N5OS. The molecular weight excluding hydrogens is 394 g/mol. The first-order valence-corrected chi connectivity index (χ1v) is 11.4. The molecule has 0 fully saturated rings. The Kier molecular flexibility index (Phi) is 5.49. The van der Waals surface area contributed by atoms with Crippen LogP contribution in [-0.2, 0) is 29.6 Å². The monoisotopic (exact) mass is 423 g/mol. The molecule has 0 atom stereocenters. The predicted molar refractivity (Wildman–Crippen MR) is 122 cm³/mol. The van der Waals surface area contributed by atoms with Gasteiger partial charge in [0.25, 0.3) is 0 Å². The number of anilines is 1. The number of thiazole rings is 1. The second-order valence-corrected chi connectivity index (χ2v) is 9.88. The molecule has 3 aromatic heterocycles. The van der Waals surface area contributed by atoms with E-state index in [1.54, 1.807) is 11.3 Å². The number of hydrogen-bond acceptors (Lipinski definition) is 5. The summed E-state index contributed by atoms with van der Waals surface area (Å²) < 4.78 is 2.14. The lowest BCUT2D eigenvalue weighted by Crippen LogP contribution is -2.24. The molecule has 158 valence electrons. The maximum Gasteiger partial charge on any atom is 0.223 e. The van der Waals surface area contributed by atoms with Crippen molar-refractivity contribution in [2.24, 2.45) is 0 Å². The van der Waals surface area contributed by atoms with Gasteiger partial charge in [0.1, 0.15) is 0 Å². The molecule has 3 aromatic rings. The minimum Gasteiger partial charge on any atom is -0.302 e. The zero-order chi connectivity index (χ0) is 21.5. The van der Waals surface area contributed by atoms with E-state index in [0.29, 0.717) is 5.13 Å². The van der Waals surface area contributed by atoms with Gasteiger partial charge in [-0.25, -0.2) is 4.98 Å². The molecule has 7 heteroatoms. The largest absolute Gasteiger partial charge is 0.302 e. The highest BCUT2D eigenvalue weighted by Gasteiger charge is 2.31. The number of nitrogens with one attached hydrogen (secondary N) is 1. The molecule has 4 rings (SSSR count). The summed E-state index contributed by atoms with van der Waals surface area (Å²) in [5.41, 5.74) is 6.45. The molecule has 0 saturated heterocycles. The molecule has 1 amide bonds. The number of carbonyl (C=O) groups excluding carboxylic acids is 1. The second-order valence-electron chi connectivity index (χ2n) is 8.88. The van der Waals surface area contributed by atoms with Gasteiger partial charge in [0.15, 0.2) is 5.13 Å². The third kappa shape index (κ3) is 3.90. The van der Waals surface area contributed by atoms with Gasteiger partial charge in [-0.2, -0.15) is 5.10 Å². The molecule has 1 aliphatic carbocycles. The first-order valence-electron chi connectivity index (χ1n) is 10.6. The molecule has 0 saturated carbocycles. The van der Waals surface area contributed by atoms with Gasteiger partial charge < -0.3 is 5.32 Å². The minimum absolute atomic E-state index is 0.0950. The average molecular weight is 424 g/mol. The number of rotatable bonds is 4. The van der Waals surface area contributed by atoms with E-state index in [0.717, 1.165) is 65.3 Å². The van der Waals surface area contributed by atoms with Crippen molar-refractivity contribution in [1.29, 1.82) is 0 Å². The van der Waals surface area contributed by atoms with Crippen molar-refractivity contribution in [3.05, 3.63) is 35.3 Å². The molecule has 0 aliphatic heterocycles. The lowest BCUT2D eigenvalue weighted by atomic mass is 10.0. The van der Waals surface area contributed by atoms with E-state index in [1.807, 2.05) is 6.20 Å². The lowest BCUT2D eigenvalue weighted by Gasteiger charge is -2.22. The highest BCUT2D eigenvalue weighted by Crippen LogP contribution is 2.43. The smallest absolute Gasteiger partial charge is 0.223 e. The Bertz CT molecular complexity index is 1070. The Morgan fingerprint density at radius 1 is 1.27 bits per heavy atom. The molecule has 0 unspecified atom stereocenters. The number of carbonyl (C=O) groups is 1. The van der Waals surface area contributed by atoms with Crippen LogP contribution in [0.15, 0.2) is 18.3 Å². The Balaban J connectivity index is 1.88. The number of fused-ring (bicyclic) bond motifs is 3. The van der Waals surface area contributed by atoms with E-state index in [1.165, 1.54) is 12.5 Å². The average Bonchev–Trinajstić information content (AvgIpc) is 3.19. The van der Waals surface area contributed by atoms with E-state index in [4.69, 9.17) is 10.1 Å². The van der Waals surface area contributed by atoms with E-state index >= 15 is 0 Å². The molecule has 1 aliphatic rings. The van der Waals surface area contributed by atoms with Gasteiger partial charge in [0, 0.05) is 29.9 Å². The maximum absolute atomic E-state index is 11.6. The van der Waals surface area contributed by atoms with Crippen molar-refractivity contribution in [2.75, 3.05) is 5.32 Å². The van der Waals surface area contributed by atoms with Crippen molar-refractivity contribution in [2.45, 2.75) is 72.3 Å². The SMILES string of the molecule is CCCc1ccc(-c2nn(C(C)(C)C)c3c2CCCc2nc(NC(C)=O)sc2-3)cn1. The van der Waals surface area contributed by atoms with Gasteiger partial charge in [-0.3, -0.25) is 14.5 Å². The molecule has 3 heterocycles. The van der Waals surface area contributed by atoms with Gasteiger partial charge in [-0.15, -0.1) is 0 Å². The summed E-state index contributed by atoms with van der Waals surface area (Å²) in [5.74, 6) is -0.0950. The zero-order valence-corrected chi connectivity index (χ0v) is 19.2. The van der Waals surface area contributed by atoms with Gasteiger partial charge in [0.05, 0.1) is 27.5 Å². The highest BCUT2D eigenvalue weighted by molar-refractivity contribution is 7.19. The Morgan fingerprint density at radius 2 is 2.07 bits per heavy atom. The van der Waals surface area contributed by atoms with Gasteiger partial charge in [-0.05, 0) is 58.6 Å². The summed E-state index contributed by atoms with van der Waals surface area (Å²) in [4.78, 5) is 22.1. The topological polar surface area (TPSA) is 72.7 Å². The van der Waals surface area contributed by atoms with Crippen LogP contribution in [0.5, 0.6) is 0 Å². The van der Waals surface area contributed by atoms with Crippen LogP contribution in [0.4, 0.5) is 5.13 Å². The number of nitrogens with zero attached hydrogens (tertiary/aromatic N) is 4. The van der Waals surface area contributed by atoms with Gasteiger partial charge >= 0.3 is 0 Å². The molecule has 0 spiro atoms.